The summed E-state index contributed by atoms with van der Waals surface area (Å²) in [5.74, 6) is 6.62. The highest BCUT2D eigenvalue weighted by Gasteiger charge is 2.05. The van der Waals surface area contributed by atoms with Crippen LogP contribution in [0.5, 0.6) is 5.75 Å². The fraction of sp³-hybridized carbons (Fsp3) is 0.250. The molecule has 0 saturated carbocycles. The minimum absolute atomic E-state index is 0.245. The molecule has 4 nitrogen and oxygen atoms in total. The Bertz CT molecular complexity index is 706. The molecule has 0 N–H and O–H groups in total. The van der Waals surface area contributed by atoms with Gasteiger partial charge in [0.15, 0.2) is 0 Å². The summed E-state index contributed by atoms with van der Waals surface area (Å²) in [4.78, 5) is 11.8. The van der Waals surface area contributed by atoms with E-state index in [1.807, 2.05) is 31.2 Å². The molecule has 0 saturated heterocycles. The summed E-state index contributed by atoms with van der Waals surface area (Å²) in [5, 5.41) is 0. The van der Waals surface area contributed by atoms with Gasteiger partial charge in [-0.05, 0) is 55.5 Å². The number of carbonyl (C=O) groups is 1. The van der Waals surface area contributed by atoms with Gasteiger partial charge in [0.05, 0.1) is 18.8 Å². The Hall–Kier alpha value is -2.77. The lowest BCUT2D eigenvalue weighted by molar-refractivity contribution is 0.0388. The first-order valence-electron chi connectivity index (χ1n) is 7.74. The molecular weight excluding hydrogens is 304 g/mol. The van der Waals surface area contributed by atoms with Crippen LogP contribution in [-0.4, -0.2) is 32.9 Å². The van der Waals surface area contributed by atoms with Gasteiger partial charge in [-0.1, -0.05) is 11.8 Å². The van der Waals surface area contributed by atoms with E-state index in [4.69, 9.17) is 14.2 Å². The van der Waals surface area contributed by atoms with Gasteiger partial charge < -0.3 is 14.2 Å². The van der Waals surface area contributed by atoms with Crippen molar-refractivity contribution in [2.45, 2.75) is 6.92 Å². The zero-order valence-corrected chi connectivity index (χ0v) is 13.9. The third kappa shape index (κ3) is 5.45. The summed E-state index contributed by atoms with van der Waals surface area (Å²) in [5.41, 5.74) is 2.23. The van der Waals surface area contributed by atoms with Crippen molar-refractivity contribution >= 4 is 5.97 Å². The predicted molar refractivity (Wildman–Crippen MR) is 92.2 cm³/mol. The van der Waals surface area contributed by atoms with Crippen molar-refractivity contribution in [2.75, 3.05) is 26.9 Å². The highest BCUT2D eigenvalue weighted by atomic mass is 16.6. The molecule has 0 atom stereocenters. The van der Waals surface area contributed by atoms with Gasteiger partial charge in [-0.2, -0.15) is 0 Å². The van der Waals surface area contributed by atoms with Crippen LogP contribution in [0.15, 0.2) is 48.5 Å². The summed E-state index contributed by atoms with van der Waals surface area (Å²) in [6.45, 7) is 3.22. The van der Waals surface area contributed by atoms with Crippen molar-refractivity contribution < 1.29 is 19.0 Å². The van der Waals surface area contributed by atoms with Gasteiger partial charge in [0.25, 0.3) is 0 Å². The van der Waals surface area contributed by atoms with Crippen LogP contribution in [0, 0.1) is 11.8 Å². The van der Waals surface area contributed by atoms with Gasteiger partial charge in [-0.15, -0.1) is 0 Å². The van der Waals surface area contributed by atoms with Crippen LogP contribution >= 0.6 is 0 Å². The van der Waals surface area contributed by atoms with Crippen LogP contribution in [0.4, 0.5) is 0 Å². The SMILES string of the molecule is CCOc1ccc(C#Cc2ccc(C(=O)OCCOC)cc2)cc1. The van der Waals surface area contributed by atoms with E-state index >= 15 is 0 Å². The first kappa shape index (κ1) is 17.6. The Morgan fingerprint density at radius 1 is 0.917 bits per heavy atom. The van der Waals surface area contributed by atoms with E-state index in [-0.39, 0.29) is 12.6 Å². The normalized spacial score (nSPS) is 9.75. The number of rotatable bonds is 6. The fourth-order valence-corrected chi connectivity index (χ4v) is 1.94. The second-order valence-corrected chi connectivity index (χ2v) is 4.91. The van der Waals surface area contributed by atoms with E-state index in [0.717, 1.165) is 16.9 Å². The molecular formula is C20H20O4. The van der Waals surface area contributed by atoms with Crippen molar-refractivity contribution in [1.82, 2.24) is 0 Å². The molecule has 0 aliphatic rings. The molecule has 0 unspecified atom stereocenters. The van der Waals surface area contributed by atoms with Crippen molar-refractivity contribution in [3.05, 3.63) is 65.2 Å². The Balaban J connectivity index is 1.97. The average molecular weight is 324 g/mol. The standard InChI is InChI=1S/C20H20O4/c1-3-23-19-12-8-17(9-13-19)5-4-16-6-10-18(11-7-16)20(21)24-15-14-22-2/h6-13H,3,14-15H2,1-2H3. The van der Waals surface area contributed by atoms with Crippen molar-refractivity contribution in [3.8, 4) is 17.6 Å². The molecule has 2 rings (SSSR count). The number of benzene rings is 2. The minimum Gasteiger partial charge on any atom is -0.494 e. The van der Waals surface area contributed by atoms with Gasteiger partial charge in [-0.25, -0.2) is 4.79 Å². The Labute approximate surface area is 142 Å². The number of hydrogen-bond donors (Lipinski definition) is 0. The predicted octanol–water partition coefficient (Wildman–Crippen LogP) is 3.29. The quantitative estimate of drug-likeness (QED) is 0.465. The summed E-state index contributed by atoms with van der Waals surface area (Å²) >= 11 is 0. The average Bonchev–Trinajstić information content (AvgIpc) is 2.62. The van der Waals surface area contributed by atoms with Crippen LogP contribution in [0.25, 0.3) is 0 Å². The van der Waals surface area contributed by atoms with Gasteiger partial charge in [0.1, 0.15) is 12.4 Å². The van der Waals surface area contributed by atoms with Gasteiger partial charge in [-0.3, -0.25) is 0 Å². The molecule has 2 aromatic carbocycles. The molecule has 0 aromatic heterocycles. The van der Waals surface area contributed by atoms with Crippen LogP contribution in [0.3, 0.4) is 0 Å². The topological polar surface area (TPSA) is 44.8 Å². The molecule has 0 heterocycles. The molecule has 0 radical (unpaired) electrons. The number of esters is 1. The zero-order valence-electron chi connectivity index (χ0n) is 13.9. The smallest absolute Gasteiger partial charge is 0.338 e. The van der Waals surface area contributed by atoms with E-state index in [0.29, 0.717) is 18.8 Å². The molecule has 124 valence electrons. The molecule has 2 aromatic rings. The monoisotopic (exact) mass is 324 g/mol. The number of carbonyl (C=O) groups excluding carboxylic acids is 1. The summed E-state index contributed by atoms with van der Waals surface area (Å²) in [7, 11) is 1.56. The molecule has 0 spiro atoms. The first-order valence-corrected chi connectivity index (χ1v) is 7.74. The van der Waals surface area contributed by atoms with Crippen molar-refractivity contribution in [1.29, 1.82) is 0 Å². The highest BCUT2D eigenvalue weighted by Crippen LogP contribution is 2.11. The van der Waals surface area contributed by atoms with E-state index in [1.54, 1.807) is 31.4 Å². The van der Waals surface area contributed by atoms with Crippen molar-refractivity contribution in [3.63, 3.8) is 0 Å². The van der Waals surface area contributed by atoms with Crippen molar-refractivity contribution in [2.24, 2.45) is 0 Å². The third-order valence-electron chi connectivity index (χ3n) is 3.16. The molecule has 0 bridgehead atoms. The molecule has 0 aliphatic carbocycles. The summed E-state index contributed by atoms with van der Waals surface area (Å²) < 4.78 is 15.3. The number of methoxy groups -OCH3 is 1. The second-order valence-electron chi connectivity index (χ2n) is 4.91. The van der Waals surface area contributed by atoms with Gasteiger partial charge >= 0.3 is 5.97 Å². The van der Waals surface area contributed by atoms with Gasteiger partial charge in [0, 0.05) is 18.2 Å². The Morgan fingerprint density at radius 2 is 1.50 bits per heavy atom. The number of hydrogen-bond acceptors (Lipinski definition) is 4. The van der Waals surface area contributed by atoms with Gasteiger partial charge in [0.2, 0.25) is 0 Å². The molecule has 24 heavy (non-hydrogen) atoms. The van der Waals surface area contributed by atoms with E-state index in [1.165, 1.54) is 0 Å². The lowest BCUT2D eigenvalue weighted by Crippen LogP contribution is -2.09. The van der Waals surface area contributed by atoms with E-state index < -0.39 is 0 Å². The number of ether oxygens (including phenoxy) is 3. The molecule has 0 aliphatic heterocycles. The second kappa shape index (κ2) is 9.39. The molecule has 0 amide bonds. The maximum Gasteiger partial charge on any atom is 0.338 e. The third-order valence-corrected chi connectivity index (χ3v) is 3.16. The maximum absolute atomic E-state index is 11.8. The summed E-state index contributed by atoms with van der Waals surface area (Å²) in [6.07, 6.45) is 0. The van der Waals surface area contributed by atoms with Crippen LogP contribution < -0.4 is 4.74 Å². The molecule has 4 heteroatoms. The Morgan fingerprint density at radius 3 is 2.04 bits per heavy atom. The largest absolute Gasteiger partial charge is 0.494 e. The zero-order chi connectivity index (χ0) is 17.2. The lowest BCUT2D eigenvalue weighted by Gasteiger charge is -2.03. The maximum atomic E-state index is 11.8. The fourth-order valence-electron chi connectivity index (χ4n) is 1.94. The van der Waals surface area contributed by atoms with E-state index in [9.17, 15) is 4.79 Å². The minimum atomic E-state index is -0.363. The first-order chi connectivity index (χ1) is 11.7. The summed E-state index contributed by atoms with van der Waals surface area (Å²) in [6, 6.07) is 14.6. The molecule has 0 fully saturated rings. The van der Waals surface area contributed by atoms with Crippen LogP contribution in [0.2, 0.25) is 0 Å². The van der Waals surface area contributed by atoms with E-state index in [2.05, 4.69) is 11.8 Å². The van der Waals surface area contributed by atoms with Crippen LogP contribution in [-0.2, 0) is 9.47 Å². The Kier molecular flexibility index (Phi) is 6.88. The van der Waals surface area contributed by atoms with Crippen LogP contribution in [0.1, 0.15) is 28.4 Å². The lowest BCUT2D eigenvalue weighted by atomic mass is 10.1. The highest BCUT2D eigenvalue weighted by molar-refractivity contribution is 5.89.